The monoisotopic (exact) mass is 299 g/mol. The first-order valence-electron chi connectivity index (χ1n) is 7.67. The summed E-state index contributed by atoms with van der Waals surface area (Å²) in [5.41, 5.74) is 0.191. The van der Waals surface area contributed by atoms with E-state index in [0.717, 1.165) is 30.9 Å². The fourth-order valence-corrected chi connectivity index (χ4v) is 3.47. The van der Waals surface area contributed by atoms with E-state index in [9.17, 15) is 13.2 Å². The highest BCUT2D eigenvalue weighted by Gasteiger charge is 2.33. The molecule has 1 aliphatic carbocycles. The van der Waals surface area contributed by atoms with Gasteiger partial charge in [-0.1, -0.05) is 32.4 Å². The largest absolute Gasteiger partial charge is 0.416 e. The Balaban J connectivity index is 2.22. The number of hydrogen-bond acceptors (Lipinski definition) is 1. The molecule has 0 aromatic heterocycles. The standard InChI is InChI=1S/C17H24F3N/c1-11-7-8-14(9-12(11)2)16(21-3)13-5-4-6-15(10-13)17(18,19)20/h4-6,10-12,14,16,21H,7-9H2,1-3H3. The van der Waals surface area contributed by atoms with Crippen LogP contribution in [-0.4, -0.2) is 7.05 Å². The minimum absolute atomic E-state index is 0.00208. The maximum absolute atomic E-state index is 12.9. The van der Waals surface area contributed by atoms with E-state index in [1.54, 1.807) is 6.07 Å². The fourth-order valence-electron chi connectivity index (χ4n) is 3.47. The molecule has 1 aromatic rings. The number of benzene rings is 1. The lowest BCUT2D eigenvalue weighted by Gasteiger charge is -2.37. The Morgan fingerprint density at radius 3 is 2.43 bits per heavy atom. The molecule has 1 aliphatic rings. The Hall–Kier alpha value is -1.03. The molecular formula is C17H24F3N. The van der Waals surface area contributed by atoms with Gasteiger partial charge in [0.25, 0.3) is 0 Å². The van der Waals surface area contributed by atoms with E-state index in [-0.39, 0.29) is 6.04 Å². The molecule has 1 N–H and O–H groups in total. The van der Waals surface area contributed by atoms with Gasteiger partial charge in [0.1, 0.15) is 0 Å². The summed E-state index contributed by atoms with van der Waals surface area (Å²) in [5, 5.41) is 3.23. The second-order valence-corrected chi connectivity index (χ2v) is 6.42. The van der Waals surface area contributed by atoms with Crippen LogP contribution in [0.5, 0.6) is 0 Å². The first kappa shape index (κ1) is 16.3. The highest BCUT2D eigenvalue weighted by atomic mass is 19.4. The van der Waals surface area contributed by atoms with Gasteiger partial charge in [-0.15, -0.1) is 0 Å². The topological polar surface area (TPSA) is 12.0 Å². The SMILES string of the molecule is CNC(c1cccc(C(F)(F)F)c1)C1CCC(C)C(C)C1. The summed E-state index contributed by atoms with van der Waals surface area (Å²) < 4.78 is 38.6. The maximum atomic E-state index is 12.9. The molecule has 0 aliphatic heterocycles. The van der Waals surface area contributed by atoms with Crippen LogP contribution in [0.25, 0.3) is 0 Å². The van der Waals surface area contributed by atoms with E-state index >= 15 is 0 Å². The van der Waals surface area contributed by atoms with Crippen LogP contribution < -0.4 is 5.32 Å². The van der Waals surface area contributed by atoms with Gasteiger partial charge in [-0.2, -0.15) is 13.2 Å². The predicted octanol–water partition coefficient (Wildman–Crippen LogP) is 5.04. The molecular weight excluding hydrogens is 275 g/mol. The minimum atomic E-state index is -4.28. The molecule has 1 aromatic carbocycles. The van der Waals surface area contributed by atoms with Crippen molar-refractivity contribution in [2.24, 2.45) is 17.8 Å². The van der Waals surface area contributed by atoms with Crippen molar-refractivity contribution in [1.29, 1.82) is 0 Å². The molecule has 1 fully saturated rings. The third kappa shape index (κ3) is 3.79. The third-order valence-electron chi connectivity index (χ3n) is 4.99. The quantitative estimate of drug-likeness (QED) is 0.824. The second-order valence-electron chi connectivity index (χ2n) is 6.42. The van der Waals surface area contributed by atoms with E-state index in [2.05, 4.69) is 19.2 Å². The summed E-state index contributed by atoms with van der Waals surface area (Å²) >= 11 is 0. The van der Waals surface area contributed by atoms with Crippen molar-refractivity contribution in [1.82, 2.24) is 5.32 Å². The number of hydrogen-bond donors (Lipinski definition) is 1. The molecule has 0 heterocycles. The number of nitrogens with one attached hydrogen (secondary N) is 1. The normalized spacial score (nSPS) is 28.4. The molecule has 0 spiro atoms. The van der Waals surface area contributed by atoms with Gasteiger partial charge >= 0.3 is 6.18 Å². The van der Waals surface area contributed by atoms with Crippen LogP contribution in [0.4, 0.5) is 13.2 Å². The molecule has 1 saturated carbocycles. The van der Waals surface area contributed by atoms with Gasteiger partial charge in [0.05, 0.1) is 5.56 Å². The number of halogens is 3. The van der Waals surface area contributed by atoms with E-state index in [1.807, 2.05) is 7.05 Å². The van der Waals surface area contributed by atoms with E-state index < -0.39 is 11.7 Å². The molecule has 4 unspecified atom stereocenters. The Bertz CT molecular complexity index is 469. The van der Waals surface area contributed by atoms with Crippen LogP contribution in [0.3, 0.4) is 0 Å². The molecule has 0 amide bonds. The van der Waals surface area contributed by atoms with Gasteiger partial charge in [-0.25, -0.2) is 0 Å². The smallest absolute Gasteiger partial charge is 0.313 e. The maximum Gasteiger partial charge on any atom is 0.416 e. The van der Waals surface area contributed by atoms with Gasteiger partial charge in [-0.05, 0) is 55.3 Å². The zero-order chi connectivity index (χ0) is 15.6. The molecule has 118 valence electrons. The van der Waals surface area contributed by atoms with Gasteiger partial charge in [0, 0.05) is 6.04 Å². The molecule has 2 rings (SSSR count). The van der Waals surface area contributed by atoms with Gasteiger partial charge in [0.2, 0.25) is 0 Å². The van der Waals surface area contributed by atoms with Gasteiger partial charge in [0.15, 0.2) is 0 Å². The second kappa shape index (κ2) is 6.39. The average molecular weight is 299 g/mol. The van der Waals surface area contributed by atoms with Crippen molar-refractivity contribution in [3.8, 4) is 0 Å². The number of rotatable bonds is 3. The van der Waals surface area contributed by atoms with Crippen LogP contribution in [-0.2, 0) is 6.18 Å². The molecule has 21 heavy (non-hydrogen) atoms. The lowest BCUT2D eigenvalue weighted by molar-refractivity contribution is -0.137. The molecule has 0 radical (unpaired) electrons. The Kier molecular flexibility index (Phi) is 4.97. The zero-order valence-corrected chi connectivity index (χ0v) is 12.9. The first-order valence-corrected chi connectivity index (χ1v) is 7.67. The average Bonchev–Trinajstić information content (AvgIpc) is 2.43. The van der Waals surface area contributed by atoms with Crippen LogP contribution >= 0.6 is 0 Å². The van der Waals surface area contributed by atoms with Crippen molar-refractivity contribution >= 4 is 0 Å². The highest BCUT2D eigenvalue weighted by molar-refractivity contribution is 5.28. The first-order chi connectivity index (χ1) is 9.82. The van der Waals surface area contributed by atoms with Crippen LogP contribution in [0, 0.1) is 17.8 Å². The van der Waals surface area contributed by atoms with Gasteiger partial charge < -0.3 is 5.32 Å². The molecule has 4 atom stereocenters. The highest BCUT2D eigenvalue weighted by Crippen LogP contribution is 2.40. The fraction of sp³-hybridized carbons (Fsp3) is 0.647. The van der Waals surface area contributed by atoms with Crippen molar-refractivity contribution in [2.45, 2.75) is 45.3 Å². The van der Waals surface area contributed by atoms with Crippen molar-refractivity contribution < 1.29 is 13.2 Å². The van der Waals surface area contributed by atoms with Gasteiger partial charge in [-0.3, -0.25) is 0 Å². The van der Waals surface area contributed by atoms with Crippen LogP contribution in [0.15, 0.2) is 24.3 Å². The van der Waals surface area contributed by atoms with Crippen molar-refractivity contribution in [2.75, 3.05) is 7.05 Å². The minimum Gasteiger partial charge on any atom is -0.313 e. The number of alkyl halides is 3. The molecule has 0 saturated heterocycles. The van der Waals surface area contributed by atoms with E-state index in [4.69, 9.17) is 0 Å². The lowest BCUT2D eigenvalue weighted by atomic mass is 9.72. The van der Waals surface area contributed by atoms with E-state index in [0.29, 0.717) is 17.8 Å². The Labute approximate surface area is 124 Å². The van der Waals surface area contributed by atoms with Crippen molar-refractivity contribution in [3.05, 3.63) is 35.4 Å². The lowest BCUT2D eigenvalue weighted by Crippen LogP contribution is -2.31. The summed E-state index contributed by atoms with van der Waals surface area (Å²) in [6, 6.07) is 5.75. The summed E-state index contributed by atoms with van der Waals surface area (Å²) in [4.78, 5) is 0. The van der Waals surface area contributed by atoms with E-state index in [1.165, 1.54) is 12.1 Å². The summed E-state index contributed by atoms with van der Waals surface area (Å²) in [5.74, 6) is 1.75. The zero-order valence-electron chi connectivity index (χ0n) is 12.9. The summed E-state index contributed by atoms with van der Waals surface area (Å²) in [6.45, 7) is 4.51. The van der Waals surface area contributed by atoms with Crippen LogP contribution in [0.1, 0.15) is 50.3 Å². The van der Waals surface area contributed by atoms with Crippen LogP contribution in [0.2, 0.25) is 0 Å². The Morgan fingerprint density at radius 2 is 1.86 bits per heavy atom. The molecule has 0 bridgehead atoms. The summed E-state index contributed by atoms with van der Waals surface area (Å²) in [6.07, 6.45) is -0.970. The third-order valence-corrected chi connectivity index (χ3v) is 4.99. The molecule has 1 nitrogen and oxygen atoms in total. The van der Waals surface area contributed by atoms with Crippen molar-refractivity contribution in [3.63, 3.8) is 0 Å². The predicted molar refractivity (Wildman–Crippen MR) is 78.9 cm³/mol. The molecule has 4 heteroatoms. The summed E-state index contributed by atoms with van der Waals surface area (Å²) in [7, 11) is 1.84. The Morgan fingerprint density at radius 1 is 1.14 bits per heavy atom.